The average molecular weight is 304 g/mol. The molecule has 3 rings (SSSR count). The maximum absolute atomic E-state index is 11.9. The zero-order valence-electron chi connectivity index (χ0n) is 13.7. The first-order valence-corrected chi connectivity index (χ1v) is 7.49. The van der Waals surface area contributed by atoms with Gasteiger partial charge in [0, 0.05) is 11.9 Å². The van der Waals surface area contributed by atoms with Gasteiger partial charge in [-0.05, 0) is 45.4 Å². The summed E-state index contributed by atoms with van der Waals surface area (Å²) >= 11 is 0. The largest absolute Gasteiger partial charge is 0.498 e. The summed E-state index contributed by atoms with van der Waals surface area (Å²) in [6.07, 6.45) is 0.771. The van der Waals surface area contributed by atoms with Crippen molar-refractivity contribution in [3.63, 3.8) is 0 Å². The molecule has 1 saturated heterocycles. The molecule has 1 aromatic rings. The molecule has 2 aliphatic rings. The van der Waals surface area contributed by atoms with Crippen LogP contribution in [0.1, 0.15) is 43.6 Å². The summed E-state index contributed by atoms with van der Waals surface area (Å²) in [6, 6.07) is 3.57. The number of rotatable bonds is 2. The zero-order valence-corrected chi connectivity index (χ0v) is 13.7. The van der Waals surface area contributed by atoms with Gasteiger partial charge in [0.1, 0.15) is 5.75 Å². The molecule has 0 aliphatic carbocycles. The molecule has 0 saturated carbocycles. The van der Waals surface area contributed by atoms with Crippen molar-refractivity contribution in [1.29, 1.82) is 0 Å². The molecule has 1 fully saturated rings. The predicted octanol–water partition coefficient (Wildman–Crippen LogP) is 1.71. The number of fused-ring (bicyclic) bond motifs is 1. The Labute approximate surface area is 131 Å². The van der Waals surface area contributed by atoms with Crippen LogP contribution in [0.4, 0.5) is 0 Å². The molecule has 6 heteroatoms. The molecule has 0 N–H and O–H groups in total. The number of hydrogen-bond acceptors (Lipinski definition) is 5. The Hall–Kier alpha value is -1.53. The number of carbonyl (C=O) groups excluding carboxylic acids is 1. The highest BCUT2D eigenvalue weighted by Gasteiger charge is 2.53. The van der Waals surface area contributed by atoms with E-state index >= 15 is 0 Å². The van der Waals surface area contributed by atoms with Gasteiger partial charge in [0.2, 0.25) is 0 Å². The topological polar surface area (TPSA) is 54.0 Å². The molecule has 0 bridgehead atoms. The van der Waals surface area contributed by atoms with Crippen LogP contribution >= 0.6 is 0 Å². The Morgan fingerprint density at radius 2 is 1.82 bits per heavy atom. The summed E-state index contributed by atoms with van der Waals surface area (Å²) in [4.78, 5) is 11.9. The second-order valence-corrected chi connectivity index (χ2v) is 6.73. The van der Waals surface area contributed by atoms with Crippen LogP contribution < -0.4 is 10.2 Å². The van der Waals surface area contributed by atoms with Gasteiger partial charge in [-0.3, -0.25) is 0 Å². The number of benzene rings is 1. The highest BCUT2D eigenvalue weighted by molar-refractivity contribution is 6.63. The third kappa shape index (κ3) is 2.30. The maximum Gasteiger partial charge on any atom is 0.498 e. The Balaban J connectivity index is 2.04. The summed E-state index contributed by atoms with van der Waals surface area (Å²) in [5.41, 5.74) is 1.37. The second-order valence-electron chi connectivity index (χ2n) is 6.73. The van der Waals surface area contributed by atoms with E-state index in [4.69, 9.17) is 18.8 Å². The Morgan fingerprint density at radius 3 is 2.41 bits per heavy atom. The molecule has 0 atom stereocenters. The van der Waals surface area contributed by atoms with Crippen molar-refractivity contribution < 1.29 is 23.6 Å². The normalized spacial score (nSPS) is 21.4. The smallest absolute Gasteiger partial charge is 0.493 e. The first kappa shape index (κ1) is 15.4. The van der Waals surface area contributed by atoms with Gasteiger partial charge in [0.05, 0.1) is 30.5 Å². The standard InChI is InChI=1S/C16H21BO5/c1-15(2)16(3,4)22-17(21-15)12-9-11(14(18)19-5)8-10-6-7-20-13(10)12/h8-9H,6-7H2,1-5H3. The first-order valence-electron chi connectivity index (χ1n) is 7.49. The van der Waals surface area contributed by atoms with E-state index in [2.05, 4.69) is 0 Å². The summed E-state index contributed by atoms with van der Waals surface area (Å²) in [5, 5.41) is 0. The monoisotopic (exact) mass is 304 g/mol. The Bertz CT molecular complexity index is 607. The van der Waals surface area contributed by atoms with E-state index in [1.807, 2.05) is 33.8 Å². The number of esters is 1. The highest BCUT2D eigenvalue weighted by atomic mass is 16.7. The third-order valence-corrected chi connectivity index (χ3v) is 4.74. The van der Waals surface area contributed by atoms with E-state index in [1.54, 1.807) is 6.07 Å². The molecule has 0 radical (unpaired) electrons. The van der Waals surface area contributed by atoms with E-state index in [0.717, 1.165) is 23.2 Å². The van der Waals surface area contributed by atoms with Gasteiger partial charge in [-0.15, -0.1) is 0 Å². The number of ether oxygens (including phenoxy) is 2. The van der Waals surface area contributed by atoms with E-state index < -0.39 is 18.3 Å². The number of carbonyl (C=O) groups is 1. The fourth-order valence-electron chi connectivity index (χ4n) is 2.72. The van der Waals surface area contributed by atoms with Crippen molar-refractivity contribution in [3.8, 4) is 5.75 Å². The van der Waals surface area contributed by atoms with Crippen molar-refractivity contribution in [2.75, 3.05) is 13.7 Å². The molecule has 0 aromatic heterocycles. The van der Waals surface area contributed by atoms with Gasteiger partial charge in [0.25, 0.3) is 0 Å². The molecule has 5 nitrogen and oxygen atoms in total. The van der Waals surface area contributed by atoms with Crippen LogP contribution in [-0.4, -0.2) is 38.0 Å². The average Bonchev–Trinajstić information content (AvgIpc) is 2.99. The summed E-state index contributed by atoms with van der Waals surface area (Å²) in [6.45, 7) is 8.60. The molecular formula is C16H21BO5. The zero-order chi connectivity index (χ0) is 16.1. The molecule has 1 aromatic carbocycles. The minimum atomic E-state index is -0.554. The van der Waals surface area contributed by atoms with Crippen LogP contribution in [0.2, 0.25) is 0 Å². The molecule has 118 valence electrons. The lowest BCUT2D eigenvalue weighted by molar-refractivity contribution is 0.00578. The lowest BCUT2D eigenvalue weighted by atomic mass is 9.76. The van der Waals surface area contributed by atoms with Crippen LogP contribution in [0.5, 0.6) is 5.75 Å². The summed E-state index contributed by atoms with van der Waals surface area (Å²) in [7, 11) is 0.821. The number of methoxy groups -OCH3 is 1. The van der Waals surface area contributed by atoms with Gasteiger partial charge in [-0.2, -0.15) is 0 Å². The molecule has 0 unspecified atom stereocenters. The summed E-state index contributed by atoms with van der Waals surface area (Å²) in [5.74, 6) is 0.402. The van der Waals surface area contributed by atoms with Crippen molar-refractivity contribution in [3.05, 3.63) is 23.3 Å². The van der Waals surface area contributed by atoms with Gasteiger partial charge in [-0.25, -0.2) is 4.79 Å². The predicted molar refractivity (Wildman–Crippen MR) is 82.7 cm³/mol. The van der Waals surface area contributed by atoms with Crippen molar-refractivity contribution >= 4 is 18.6 Å². The van der Waals surface area contributed by atoms with Crippen LogP contribution in [0.25, 0.3) is 0 Å². The van der Waals surface area contributed by atoms with Crippen molar-refractivity contribution in [2.45, 2.75) is 45.3 Å². The molecule has 2 aliphatic heterocycles. The Kier molecular flexibility index (Phi) is 3.49. The van der Waals surface area contributed by atoms with Crippen LogP contribution in [-0.2, 0) is 20.5 Å². The number of hydrogen-bond donors (Lipinski definition) is 0. The first-order chi connectivity index (χ1) is 10.2. The quantitative estimate of drug-likeness (QED) is 0.615. The maximum atomic E-state index is 11.9. The minimum Gasteiger partial charge on any atom is -0.493 e. The lowest BCUT2D eigenvalue weighted by Gasteiger charge is -2.32. The second kappa shape index (κ2) is 5.00. The van der Waals surface area contributed by atoms with E-state index in [-0.39, 0.29) is 5.97 Å². The van der Waals surface area contributed by atoms with Crippen molar-refractivity contribution in [1.82, 2.24) is 0 Å². The fourth-order valence-corrected chi connectivity index (χ4v) is 2.72. The SMILES string of the molecule is COC(=O)c1cc2c(c(B3OC(C)(C)C(C)(C)O3)c1)OCC2. The van der Waals surface area contributed by atoms with E-state index in [9.17, 15) is 4.79 Å². The lowest BCUT2D eigenvalue weighted by Crippen LogP contribution is -2.41. The van der Waals surface area contributed by atoms with Gasteiger partial charge < -0.3 is 18.8 Å². The highest BCUT2D eigenvalue weighted by Crippen LogP contribution is 2.38. The third-order valence-electron chi connectivity index (χ3n) is 4.74. The molecule has 2 heterocycles. The van der Waals surface area contributed by atoms with Gasteiger partial charge in [-0.1, -0.05) is 0 Å². The van der Waals surface area contributed by atoms with E-state index in [0.29, 0.717) is 12.2 Å². The minimum absolute atomic E-state index is 0.368. The van der Waals surface area contributed by atoms with E-state index in [1.165, 1.54) is 7.11 Å². The van der Waals surface area contributed by atoms with Crippen LogP contribution in [0, 0.1) is 0 Å². The molecule has 0 amide bonds. The van der Waals surface area contributed by atoms with Crippen LogP contribution in [0.15, 0.2) is 12.1 Å². The molecule has 22 heavy (non-hydrogen) atoms. The van der Waals surface area contributed by atoms with Crippen LogP contribution in [0.3, 0.4) is 0 Å². The molecular weight excluding hydrogens is 283 g/mol. The Morgan fingerprint density at radius 1 is 1.18 bits per heavy atom. The van der Waals surface area contributed by atoms with Gasteiger partial charge in [0.15, 0.2) is 0 Å². The summed E-state index contributed by atoms with van der Waals surface area (Å²) < 4.78 is 22.7. The fraction of sp³-hybridized carbons (Fsp3) is 0.562. The van der Waals surface area contributed by atoms with Gasteiger partial charge >= 0.3 is 13.1 Å². The molecule has 0 spiro atoms. The van der Waals surface area contributed by atoms with Crippen molar-refractivity contribution in [2.24, 2.45) is 0 Å².